The molecule has 0 radical (unpaired) electrons. The molecule has 0 aliphatic carbocycles. The van der Waals surface area contributed by atoms with Gasteiger partial charge >= 0.3 is 0 Å². The summed E-state index contributed by atoms with van der Waals surface area (Å²) in [4.78, 5) is 12.9. The fourth-order valence-electron chi connectivity index (χ4n) is 4.04. The van der Waals surface area contributed by atoms with E-state index in [2.05, 4.69) is 0 Å². The molecule has 0 aromatic heterocycles. The SMILES string of the molecule is O=C1CC(c2ccccc2)([C@@H]2O[C@H](CO)[C@@H](O)[C@H](O)[C@H]2O)Oc2ccccc21. The van der Waals surface area contributed by atoms with Crippen molar-refractivity contribution in [3.63, 3.8) is 0 Å². The summed E-state index contributed by atoms with van der Waals surface area (Å²) in [5, 5.41) is 40.7. The van der Waals surface area contributed by atoms with Crippen LogP contribution in [0, 0.1) is 0 Å². The van der Waals surface area contributed by atoms with Crippen LogP contribution in [0.15, 0.2) is 54.6 Å². The van der Waals surface area contributed by atoms with Crippen LogP contribution in [0.25, 0.3) is 0 Å². The van der Waals surface area contributed by atoms with Gasteiger partial charge in [0.15, 0.2) is 11.4 Å². The molecule has 7 nitrogen and oxygen atoms in total. The van der Waals surface area contributed by atoms with Crippen molar-refractivity contribution in [1.82, 2.24) is 0 Å². The van der Waals surface area contributed by atoms with E-state index in [1.54, 1.807) is 48.5 Å². The van der Waals surface area contributed by atoms with Crippen LogP contribution in [0.4, 0.5) is 0 Å². The molecule has 0 bridgehead atoms. The van der Waals surface area contributed by atoms with E-state index in [-0.39, 0.29) is 12.2 Å². The molecule has 2 aliphatic heterocycles. The van der Waals surface area contributed by atoms with Crippen LogP contribution in [0.1, 0.15) is 22.3 Å². The zero-order valence-electron chi connectivity index (χ0n) is 15.0. The Morgan fingerprint density at radius 3 is 2.32 bits per heavy atom. The van der Waals surface area contributed by atoms with Crippen LogP contribution < -0.4 is 4.74 Å². The van der Waals surface area contributed by atoms with Crippen molar-refractivity contribution in [2.45, 2.75) is 42.5 Å². The quantitative estimate of drug-likeness (QED) is 0.603. The highest BCUT2D eigenvalue weighted by atomic mass is 16.6. The highest BCUT2D eigenvalue weighted by molar-refractivity contribution is 6.00. The first-order valence-corrected chi connectivity index (χ1v) is 9.15. The van der Waals surface area contributed by atoms with Crippen molar-refractivity contribution in [2.75, 3.05) is 6.61 Å². The van der Waals surface area contributed by atoms with E-state index in [1.807, 2.05) is 6.07 Å². The number of carbonyl (C=O) groups is 1. The van der Waals surface area contributed by atoms with Crippen molar-refractivity contribution in [3.8, 4) is 5.75 Å². The first kappa shape index (κ1) is 19.0. The van der Waals surface area contributed by atoms with Crippen LogP contribution in [-0.2, 0) is 10.3 Å². The molecule has 1 fully saturated rings. The minimum atomic E-state index is -1.56. The second-order valence-corrected chi connectivity index (χ2v) is 7.20. The number of hydrogen-bond donors (Lipinski definition) is 4. The number of fused-ring (bicyclic) bond motifs is 1. The van der Waals surface area contributed by atoms with Crippen LogP contribution >= 0.6 is 0 Å². The van der Waals surface area contributed by atoms with E-state index in [4.69, 9.17) is 9.47 Å². The van der Waals surface area contributed by atoms with Gasteiger partial charge in [0.2, 0.25) is 0 Å². The number of Topliss-reactive ketones (excluding diaryl/α,β-unsaturated/α-hetero) is 1. The number of carbonyl (C=O) groups excluding carboxylic acids is 1. The zero-order valence-corrected chi connectivity index (χ0v) is 15.0. The Labute approximate surface area is 161 Å². The van der Waals surface area contributed by atoms with Crippen molar-refractivity contribution < 1.29 is 34.7 Å². The molecule has 0 amide bonds. The number of aliphatic hydroxyl groups excluding tert-OH is 4. The van der Waals surface area contributed by atoms with E-state index in [0.29, 0.717) is 16.9 Å². The molecule has 1 unspecified atom stereocenters. The molecule has 0 saturated carbocycles. The molecule has 7 heteroatoms. The Morgan fingerprint density at radius 2 is 1.61 bits per heavy atom. The molecule has 0 spiro atoms. The fraction of sp³-hybridized carbons (Fsp3) is 0.381. The topological polar surface area (TPSA) is 116 Å². The molecule has 6 atom stereocenters. The molecule has 2 aromatic carbocycles. The van der Waals surface area contributed by atoms with Crippen LogP contribution in [0.2, 0.25) is 0 Å². The molecule has 148 valence electrons. The summed E-state index contributed by atoms with van der Waals surface area (Å²) in [6, 6.07) is 15.7. The third-order valence-corrected chi connectivity index (χ3v) is 5.52. The van der Waals surface area contributed by atoms with E-state index < -0.39 is 42.7 Å². The van der Waals surface area contributed by atoms with E-state index in [1.165, 1.54) is 0 Å². The third-order valence-electron chi connectivity index (χ3n) is 5.52. The number of para-hydroxylation sites is 1. The van der Waals surface area contributed by atoms with Crippen molar-refractivity contribution in [3.05, 3.63) is 65.7 Å². The number of ketones is 1. The largest absolute Gasteiger partial charge is 0.478 e. The van der Waals surface area contributed by atoms with Gasteiger partial charge in [-0.3, -0.25) is 4.79 Å². The lowest BCUT2D eigenvalue weighted by atomic mass is 9.75. The molecule has 4 N–H and O–H groups in total. The van der Waals surface area contributed by atoms with Gasteiger partial charge in [0.05, 0.1) is 18.6 Å². The Balaban J connectivity index is 1.85. The normalized spacial score (nSPS) is 35.1. The standard InChI is InChI=1S/C21H22O7/c22-11-16-17(24)18(25)19(26)20(27-16)21(12-6-2-1-3-7-12)10-14(23)13-8-4-5-9-15(13)28-21/h1-9,16-20,22,24-26H,10-11H2/t16-,17-,18+,19-,20-,21?/m1/s1. The minimum absolute atomic E-state index is 0.128. The maximum atomic E-state index is 12.9. The number of hydrogen-bond acceptors (Lipinski definition) is 7. The monoisotopic (exact) mass is 386 g/mol. The van der Waals surface area contributed by atoms with Crippen LogP contribution in [-0.4, -0.2) is 63.3 Å². The number of ether oxygens (including phenoxy) is 2. The lowest BCUT2D eigenvalue weighted by molar-refractivity contribution is -0.268. The molecule has 4 rings (SSSR count). The highest BCUT2D eigenvalue weighted by Crippen LogP contribution is 2.45. The number of rotatable bonds is 3. The average molecular weight is 386 g/mol. The van der Waals surface area contributed by atoms with Gasteiger partial charge in [0, 0.05) is 0 Å². The number of benzene rings is 2. The second-order valence-electron chi connectivity index (χ2n) is 7.20. The van der Waals surface area contributed by atoms with E-state index in [9.17, 15) is 25.2 Å². The summed E-state index contributed by atoms with van der Waals surface area (Å²) in [6.45, 7) is -0.559. The summed E-state index contributed by atoms with van der Waals surface area (Å²) in [5.41, 5.74) is -0.415. The van der Waals surface area contributed by atoms with Crippen molar-refractivity contribution >= 4 is 5.78 Å². The van der Waals surface area contributed by atoms with Crippen molar-refractivity contribution in [2.24, 2.45) is 0 Å². The average Bonchev–Trinajstić information content (AvgIpc) is 2.73. The van der Waals surface area contributed by atoms with Gasteiger partial charge in [-0.05, 0) is 17.7 Å². The van der Waals surface area contributed by atoms with Gasteiger partial charge in [0.1, 0.15) is 36.3 Å². The summed E-state index contributed by atoms with van der Waals surface area (Å²) in [7, 11) is 0. The smallest absolute Gasteiger partial charge is 0.171 e. The molecule has 1 saturated heterocycles. The van der Waals surface area contributed by atoms with Gasteiger partial charge in [-0.2, -0.15) is 0 Å². The van der Waals surface area contributed by atoms with Gasteiger partial charge in [0.25, 0.3) is 0 Å². The molecule has 28 heavy (non-hydrogen) atoms. The molecular formula is C21H22O7. The second kappa shape index (κ2) is 7.27. The van der Waals surface area contributed by atoms with Gasteiger partial charge in [-0.25, -0.2) is 0 Å². The Bertz CT molecular complexity index is 853. The van der Waals surface area contributed by atoms with Gasteiger partial charge in [-0.1, -0.05) is 42.5 Å². The summed E-state index contributed by atoms with van der Waals surface area (Å²) in [5.74, 6) is 0.155. The minimum Gasteiger partial charge on any atom is -0.478 e. The van der Waals surface area contributed by atoms with Crippen LogP contribution in [0.5, 0.6) is 5.75 Å². The molecule has 2 heterocycles. The lowest BCUT2D eigenvalue weighted by Crippen LogP contribution is -2.66. The first-order valence-electron chi connectivity index (χ1n) is 9.15. The Hall–Kier alpha value is -2.29. The Morgan fingerprint density at radius 1 is 0.929 bits per heavy atom. The van der Waals surface area contributed by atoms with Crippen LogP contribution in [0.3, 0.4) is 0 Å². The van der Waals surface area contributed by atoms with Crippen molar-refractivity contribution in [1.29, 1.82) is 0 Å². The van der Waals surface area contributed by atoms with Gasteiger partial charge < -0.3 is 29.9 Å². The fourth-order valence-corrected chi connectivity index (χ4v) is 4.04. The first-order chi connectivity index (χ1) is 13.5. The zero-order chi connectivity index (χ0) is 19.9. The van der Waals surface area contributed by atoms with E-state index in [0.717, 1.165) is 0 Å². The third kappa shape index (κ3) is 2.92. The molecule has 2 aromatic rings. The predicted molar refractivity (Wildman–Crippen MR) is 97.9 cm³/mol. The molecular weight excluding hydrogens is 364 g/mol. The maximum absolute atomic E-state index is 12.9. The highest BCUT2D eigenvalue weighted by Gasteiger charge is 2.57. The predicted octanol–water partition coefficient (Wildman–Crippen LogP) is 0.390. The van der Waals surface area contributed by atoms with E-state index >= 15 is 0 Å². The van der Waals surface area contributed by atoms with Gasteiger partial charge in [-0.15, -0.1) is 0 Å². The maximum Gasteiger partial charge on any atom is 0.171 e. The Kier molecular flexibility index (Phi) is 4.95. The summed E-state index contributed by atoms with van der Waals surface area (Å²) >= 11 is 0. The lowest BCUT2D eigenvalue weighted by Gasteiger charge is -2.50. The molecule has 2 aliphatic rings. The summed E-state index contributed by atoms with van der Waals surface area (Å²) in [6.07, 6.45) is -7.00. The summed E-state index contributed by atoms with van der Waals surface area (Å²) < 4.78 is 12.1. The number of aliphatic hydroxyl groups is 4.